The van der Waals surface area contributed by atoms with Gasteiger partial charge in [0.1, 0.15) is 0 Å². The fourth-order valence-corrected chi connectivity index (χ4v) is 8.63. The molecule has 4 aliphatic carbocycles. The van der Waals surface area contributed by atoms with Gasteiger partial charge < -0.3 is 19.9 Å². The van der Waals surface area contributed by atoms with E-state index in [-0.39, 0.29) is 12.5 Å². The van der Waals surface area contributed by atoms with Gasteiger partial charge in [0.2, 0.25) is 0 Å². The molecule has 4 aliphatic rings. The first-order chi connectivity index (χ1) is 23.3. The first-order valence-electron chi connectivity index (χ1n) is 16.7. The van der Waals surface area contributed by atoms with Crippen molar-refractivity contribution in [3.8, 4) is 11.5 Å². The summed E-state index contributed by atoms with van der Waals surface area (Å²) in [7, 11) is 1.51. The molecule has 0 atom stereocenters. The number of hydrazone groups is 1. The molecule has 8 nitrogen and oxygen atoms in total. The lowest BCUT2D eigenvalue weighted by Gasteiger charge is -2.57. The lowest BCUT2D eigenvalue weighted by Crippen LogP contribution is -2.48. The van der Waals surface area contributed by atoms with Gasteiger partial charge in [-0.25, -0.2) is 5.43 Å². The molecule has 4 saturated carbocycles. The highest BCUT2D eigenvalue weighted by Crippen LogP contribution is 2.60. The van der Waals surface area contributed by atoms with Crippen LogP contribution in [0.1, 0.15) is 60.8 Å². The Kier molecular flexibility index (Phi) is 8.75. The Labute approximate surface area is 281 Å². The van der Waals surface area contributed by atoms with E-state index in [1.54, 1.807) is 66.7 Å². The van der Waals surface area contributed by atoms with Crippen LogP contribution >= 0.6 is 0 Å². The van der Waals surface area contributed by atoms with Gasteiger partial charge in [0.15, 0.2) is 23.7 Å². The van der Waals surface area contributed by atoms with Crippen molar-refractivity contribution in [2.24, 2.45) is 22.9 Å². The Morgan fingerprint density at radius 2 is 1.42 bits per heavy atom. The average Bonchev–Trinajstić information content (AvgIpc) is 3.11. The molecular formula is C40H41N3O5. The van der Waals surface area contributed by atoms with Crippen LogP contribution in [0.2, 0.25) is 0 Å². The maximum atomic E-state index is 13.3. The lowest BCUT2D eigenvalue weighted by atomic mass is 9.48. The summed E-state index contributed by atoms with van der Waals surface area (Å²) in [5.41, 5.74) is 4.50. The molecule has 3 N–H and O–H groups in total. The molecule has 8 heteroatoms. The van der Waals surface area contributed by atoms with Crippen molar-refractivity contribution in [2.75, 3.05) is 19.0 Å². The van der Waals surface area contributed by atoms with E-state index in [1.807, 2.05) is 24.3 Å². The topological polar surface area (TPSA) is 109 Å². The number of carbonyl (C=O) groups is 2. The van der Waals surface area contributed by atoms with Crippen LogP contribution in [-0.4, -0.2) is 36.9 Å². The number of methoxy groups -OCH3 is 1. The van der Waals surface area contributed by atoms with Crippen LogP contribution in [0.3, 0.4) is 0 Å². The maximum absolute atomic E-state index is 13.3. The fraction of sp³-hybridized carbons (Fsp3) is 0.325. The van der Waals surface area contributed by atoms with Crippen LogP contribution in [0.25, 0.3) is 0 Å². The summed E-state index contributed by atoms with van der Waals surface area (Å²) in [6.07, 6.45) is 9.63. The molecule has 0 saturated heterocycles. The van der Waals surface area contributed by atoms with Crippen LogP contribution in [0.15, 0.2) is 108 Å². The van der Waals surface area contributed by atoms with E-state index in [9.17, 15) is 14.7 Å². The SMILES string of the molecule is COc1cc(/C=N\NC(=O)C(O)(c2ccccc2)c2ccccc2)ccc1OCC(=O)Nc1ccc(C23CC4CC(CC(C4)C2)C3)cc1. The molecule has 0 unspecified atom stereocenters. The minimum Gasteiger partial charge on any atom is -0.493 e. The van der Waals surface area contributed by atoms with Crippen molar-refractivity contribution in [2.45, 2.75) is 49.5 Å². The first-order valence-corrected chi connectivity index (χ1v) is 16.7. The smallest absolute Gasteiger partial charge is 0.281 e. The van der Waals surface area contributed by atoms with E-state index in [0.717, 1.165) is 23.4 Å². The van der Waals surface area contributed by atoms with Gasteiger partial charge in [-0.1, -0.05) is 72.8 Å². The lowest BCUT2D eigenvalue weighted by molar-refractivity contribution is -0.136. The maximum Gasteiger partial charge on any atom is 0.281 e. The number of nitrogens with one attached hydrogen (secondary N) is 2. The van der Waals surface area contributed by atoms with Gasteiger partial charge >= 0.3 is 0 Å². The molecule has 48 heavy (non-hydrogen) atoms. The second-order valence-corrected chi connectivity index (χ2v) is 13.7. The van der Waals surface area contributed by atoms with Crippen LogP contribution in [-0.2, 0) is 20.6 Å². The highest BCUT2D eigenvalue weighted by Gasteiger charge is 2.51. The molecule has 0 heterocycles. The van der Waals surface area contributed by atoms with E-state index in [1.165, 1.54) is 57.4 Å². The molecule has 4 aromatic carbocycles. The molecular weight excluding hydrogens is 602 g/mol. The monoisotopic (exact) mass is 643 g/mol. The third kappa shape index (κ3) is 6.32. The number of nitrogens with zero attached hydrogens (tertiary/aromatic N) is 1. The zero-order chi connectivity index (χ0) is 33.1. The minimum atomic E-state index is -1.94. The predicted octanol–water partition coefficient (Wildman–Crippen LogP) is 6.57. The number of rotatable bonds is 11. The van der Waals surface area contributed by atoms with Gasteiger partial charge in [0, 0.05) is 5.69 Å². The first kappa shape index (κ1) is 31.6. The van der Waals surface area contributed by atoms with Gasteiger partial charge in [-0.3, -0.25) is 9.59 Å². The van der Waals surface area contributed by atoms with Gasteiger partial charge in [0.25, 0.3) is 11.8 Å². The molecule has 4 fully saturated rings. The standard InChI is InChI=1S/C40H41N3O5/c1-47-36-21-27(25-41-43-38(45)40(46,32-8-4-2-5-9-32)33-10-6-3-7-11-33)12-17-35(36)48-26-37(44)42-34-15-13-31(14-16-34)39-22-28-18-29(23-39)20-30(19-28)24-39/h2-17,21,25,28-30,46H,18-20,22-24,26H2,1H3,(H,42,44)(H,43,45)/b41-25-. The largest absolute Gasteiger partial charge is 0.493 e. The van der Waals surface area contributed by atoms with E-state index in [4.69, 9.17) is 9.47 Å². The fourth-order valence-electron chi connectivity index (χ4n) is 8.63. The second kappa shape index (κ2) is 13.3. The Morgan fingerprint density at radius 3 is 1.98 bits per heavy atom. The zero-order valence-electron chi connectivity index (χ0n) is 27.1. The number of hydrogen-bond acceptors (Lipinski definition) is 6. The minimum absolute atomic E-state index is 0.186. The van der Waals surface area contributed by atoms with Gasteiger partial charge in [0.05, 0.1) is 13.3 Å². The zero-order valence-corrected chi connectivity index (χ0v) is 27.1. The van der Waals surface area contributed by atoms with Crippen molar-refractivity contribution in [1.82, 2.24) is 5.43 Å². The average molecular weight is 644 g/mol. The van der Waals surface area contributed by atoms with Crippen molar-refractivity contribution >= 4 is 23.7 Å². The van der Waals surface area contributed by atoms with E-state index < -0.39 is 11.5 Å². The number of benzene rings is 4. The summed E-state index contributed by atoms with van der Waals surface area (Å²) in [6, 6.07) is 31.0. The van der Waals surface area contributed by atoms with Crippen molar-refractivity contribution in [3.63, 3.8) is 0 Å². The second-order valence-electron chi connectivity index (χ2n) is 13.7. The Hall–Kier alpha value is -4.95. The summed E-state index contributed by atoms with van der Waals surface area (Å²) in [6.45, 7) is -0.186. The number of carbonyl (C=O) groups excluding carboxylic acids is 2. The number of amides is 2. The Morgan fingerprint density at radius 1 is 0.833 bits per heavy atom. The quantitative estimate of drug-likeness (QED) is 0.127. The highest BCUT2D eigenvalue weighted by atomic mass is 16.5. The number of hydrogen-bond donors (Lipinski definition) is 3. The van der Waals surface area contributed by atoms with Crippen molar-refractivity contribution in [1.29, 1.82) is 0 Å². The van der Waals surface area contributed by atoms with Gasteiger partial charge in [-0.15, -0.1) is 0 Å². The number of aliphatic hydroxyl groups is 1. The van der Waals surface area contributed by atoms with Crippen LogP contribution in [0.4, 0.5) is 5.69 Å². The molecule has 0 aromatic heterocycles. The van der Waals surface area contributed by atoms with Gasteiger partial charge in [-0.2, -0.15) is 5.10 Å². The number of anilines is 1. The molecule has 8 rings (SSSR count). The molecule has 246 valence electrons. The third-order valence-corrected chi connectivity index (χ3v) is 10.5. The third-order valence-electron chi connectivity index (χ3n) is 10.5. The molecule has 0 aliphatic heterocycles. The summed E-state index contributed by atoms with van der Waals surface area (Å²) in [5.74, 6) is 2.50. The molecule has 0 spiro atoms. The van der Waals surface area contributed by atoms with Crippen molar-refractivity contribution in [3.05, 3.63) is 125 Å². The normalized spacial score (nSPS) is 22.8. The summed E-state index contributed by atoms with van der Waals surface area (Å²) in [4.78, 5) is 26.1. The summed E-state index contributed by atoms with van der Waals surface area (Å²) < 4.78 is 11.3. The van der Waals surface area contributed by atoms with Crippen LogP contribution < -0.4 is 20.2 Å². The van der Waals surface area contributed by atoms with E-state index in [2.05, 4.69) is 28.0 Å². The van der Waals surface area contributed by atoms with Crippen LogP contribution in [0.5, 0.6) is 11.5 Å². The predicted molar refractivity (Wildman–Crippen MR) is 185 cm³/mol. The molecule has 0 radical (unpaired) electrons. The Bertz CT molecular complexity index is 1710. The van der Waals surface area contributed by atoms with Crippen LogP contribution in [0, 0.1) is 17.8 Å². The Balaban J connectivity index is 0.950. The molecule has 4 bridgehead atoms. The van der Waals surface area contributed by atoms with E-state index >= 15 is 0 Å². The summed E-state index contributed by atoms with van der Waals surface area (Å²) in [5, 5.41) is 18.6. The highest BCUT2D eigenvalue weighted by molar-refractivity contribution is 5.92. The number of ether oxygens (including phenoxy) is 2. The summed E-state index contributed by atoms with van der Waals surface area (Å²) >= 11 is 0. The molecule has 2 amide bonds. The van der Waals surface area contributed by atoms with Crippen molar-refractivity contribution < 1.29 is 24.2 Å². The van der Waals surface area contributed by atoms with E-state index in [0.29, 0.717) is 33.6 Å². The van der Waals surface area contributed by atoms with Gasteiger partial charge in [-0.05, 0) is 114 Å². The molecule has 4 aromatic rings.